The maximum atomic E-state index is 10.7. The third kappa shape index (κ3) is 1.82. The maximum Gasteiger partial charge on any atom is 0.241 e. The molecule has 2 aromatic rings. The lowest BCUT2D eigenvalue weighted by Crippen LogP contribution is -2.05. The second-order valence-electron chi connectivity index (χ2n) is 4.49. The van der Waals surface area contributed by atoms with Gasteiger partial charge in [-0.15, -0.1) is 0 Å². The standard InChI is InChI=1S/C16H13NO/c17-16(18)8-6-11-5-7-15-13(9-11)10-12-3-1-2-4-14(12)15/h1-9H,10H2,(H2,17,18)/b8-6+. The number of hydrogen-bond acceptors (Lipinski definition) is 1. The molecule has 0 bridgehead atoms. The molecule has 1 aliphatic rings. The van der Waals surface area contributed by atoms with E-state index in [2.05, 4.69) is 36.4 Å². The Morgan fingerprint density at radius 3 is 2.67 bits per heavy atom. The fourth-order valence-corrected chi connectivity index (χ4v) is 2.45. The number of fused-ring (bicyclic) bond motifs is 3. The summed E-state index contributed by atoms with van der Waals surface area (Å²) in [5.74, 6) is -0.418. The molecule has 0 saturated heterocycles. The first-order valence-corrected chi connectivity index (χ1v) is 5.93. The molecule has 0 saturated carbocycles. The quantitative estimate of drug-likeness (QED) is 0.682. The average Bonchev–Trinajstić information content (AvgIpc) is 2.73. The van der Waals surface area contributed by atoms with E-state index < -0.39 is 5.91 Å². The molecule has 2 aromatic carbocycles. The topological polar surface area (TPSA) is 43.1 Å². The fourth-order valence-electron chi connectivity index (χ4n) is 2.45. The lowest BCUT2D eigenvalue weighted by molar-refractivity contribution is -0.113. The van der Waals surface area contributed by atoms with Crippen molar-refractivity contribution in [3.8, 4) is 11.1 Å². The molecule has 3 rings (SSSR count). The number of benzene rings is 2. The Kier molecular flexibility index (Phi) is 2.49. The van der Waals surface area contributed by atoms with Crippen LogP contribution in [0.5, 0.6) is 0 Å². The molecule has 2 N–H and O–H groups in total. The van der Waals surface area contributed by atoms with Gasteiger partial charge in [-0.3, -0.25) is 4.79 Å². The van der Waals surface area contributed by atoms with Crippen LogP contribution >= 0.6 is 0 Å². The first-order chi connectivity index (χ1) is 8.74. The average molecular weight is 235 g/mol. The number of carbonyl (C=O) groups is 1. The molecule has 0 aromatic heterocycles. The molecular formula is C16H13NO. The van der Waals surface area contributed by atoms with Crippen LogP contribution in [-0.4, -0.2) is 5.91 Å². The van der Waals surface area contributed by atoms with Crippen LogP contribution in [0.15, 0.2) is 48.5 Å². The highest BCUT2D eigenvalue weighted by Gasteiger charge is 2.17. The summed E-state index contributed by atoms with van der Waals surface area (Å²) >= 11 is 0. The van der Waals surface area contributed by atoms with Gasteiger partial charge >= 0.3 is 0 Å². The van der Waals surface area contributed by atoms with Gasteiger partial charge in [-0.2, -0.15) is 0 Å². The summed E-state index contributed by atoms with van der Waals surface area (Å²) in [5, 5.41) is 0. The van der Waals surface area contributed by atoms with Crippen LogP contribution < -0.4 is 5.73 Å². The van der Waals surface area contributed by atoms with E-state index in [-0.39, 0.29) is 0 Å². The van der Waals surface area contributed by atoms with Crippen molar-refractivity contribution in [3.63, 3.8) is 0 Å². The van der Waals surface area contributed by atoms with Gasteiger partial charge in [0.15, 0.2) is 0 Å². The Hall–Kier alpha value is -2.35. The number of amides is 1. The van der Waals surface area contributed by atoms with Gasteiger partial charge < -0.3 is 5.73 Å². The summed E-state index contributed by atoms with van der Waals surface area (Å²) in [6.45, 7) is 0. The highest BCUT2D eigenvalue weighted by atomic mass is 16.1. The Bertz CT molecular complexity index is 656. The van der Waals surface area contributed by atoms with E-state index in [1.54, 1.807) is 6.08 Å². The van der Waals surface area contributed by atoms with Gasteiger partial charge in [-0.25, -0.2) is 0 Å². The monoisotopic (exact) mass is 235 g/mol. The van der Waals surface area contributed by atoms with Crippen LogP contribution in [0, 0.1) is 0 Å². The zero-order valence-corrected chi connectivity index (χ0v) is 9.89. The Balaban J connectivity index is 2.01. The van der Waals surface area contributed by atoms with E-state index in [4.69, 9.17) is 5.73 Å². The predicted octanol–water partition coefficient (Wildman–Crippen LogP) is 2.76. The predicted molar refractivity (Wildman–Crippen MR) is 72.9 cm³/mol. The molecule has 18 heavy (non-hydrogen) atoms. The van der Waals surface area contributed by atoms with Crippen molar-refractivity contribution in [2.24, 2.45) is 5.73 Å². The first-order valence-electron chi connectivity index (χ1n) is 5.93. The molecule has 1 aliphatic carbocycles. The lowest BCUT2D eigenvalue weighted by Gasteiger charge is -2.01. The van der Waals surface area contributed by atoms with Crippen LogP contribution in [-0.2, 0) is 11.2 Å². The van der Waals surface area contributed by atoms with E-state index in [0.29, 0.717) is 0 Å². The van der Waals surface area contributed by atoms with E-state index in [1.807, 2.05) is 6.07 Å². The van der Waals surface area contributed by atoms with Crippen LogP contribution in [0.2, 0.25) is 0 Å². The van der Waals surface area contributed by atoms with Gasteiger partial charge in [0.1, 0.15) is 0 Å². The van der Waals surface area contributed by atoms with Gasteiger partial charge in [-0.1, -0.05) is 42.5 Å². The minimum atomic E-state index is -0.418. The normalized spacial score (nSPS) is 12.4. The number of hydrogen-bond donors (Lipinski definition) is 1. The van der Waals surface area contributed by atoms with Crippen LogP contribution in [0.4, 0.5) is 0 Å². The van der Waals surface area contributed by atoms with Gasteiger partial charge in [0.2, 0.25) is 5.91 Å². The molecule has 1 amide bonds. The van der Waals surface area contributed by atoms with Gasteiger partial charge in [0.25, 0.3) is 0 Å². The van der Waals surface area contributed by atoms with Gasteiger partial charge in [-0.05, 0) is 40.3 Å². The van der Waals surface area contributed by atoms with Crippen molar-refractivity contribution in [3.05, 3.63) is 65.2 Å². The van der Waals surface area contributed by atoms with Gasteiger partial charge in [0, 0.05) is 6.08 Å². The molecule has 0 spiro atoms. The molecule has 0 atom stereocenters. The largest absolute Gasteiger partial charge is 0.366 e. The molecule has 0 fully saturated rings. The number of primary amides is 1. The smallest absolute Gasteiger partial charge is 0.241 e. The third-order valence-corrected chi connectivity index (χ3v) is 3.26. The molecular weight excluding hydrogens is 222 g/mol. The maximum absolute atomic E-state index is 10.7. The fraction of sp³-hybridized carbons (Fsp3) is 0.0625. The summed E-state index contributed by atoms with van der Waals surface area (Å²) in [5.41, 5.74) is 11.4. The Morgan fingerprint density at radius 2 is 1.83 bits per heavy atom. The van der Waals surface area contributed by atoms with Crippen LogP contribution in [0.25, 0.3) is 17.2 Å². The zero-order chi connectivity index (χ0) is 12.5. The summed E-state index contributed by atoms with van der Waals surface area (Å²) in [6.07, 6.45) is 4.11. The van der Waals surface area contributed by atoms with Crippen molar-refractivity contribution >= 4 is 12.0 Å². The minimum absolute atomic E-state index is 0.418. The Labute approximate surface area is 106 Å². The van der Waals surface area contributed by atoms with Gasteiger partial charge in [0.05, 0.1) is 0 Å². The first kappa shape index (κ1) is 10.8. The summed E-state index contributed by atoms with van der Waals surface area (Å²) in [7, 11) is 0. The lowest BCUT2D eigenvalue weighted by atomic mass is 10.0. The van der Waals surface area contributed by atoms with Crippen molar-refractivity contribution in [1.82, 2.24) is 0 Å². The Morgan fingerprint density at radius 1 is 1.06 bits per heavy atom. The van der Waals surface area contributed by atoms with Crippen LogP contribution in [0.1, 0.15) is 16.7 Å². The van der Waals surface area contributed by atoms with E-state index in [9.17, 15) is 4.79 Å². The number of carbonyl (C=O) groups excluding carboxylic acids is 1. The van der Waals surface area contributed by atoms with Crippen molar-refractivity contribution in [2.45, 2.75) is 6.42 Å². The van der Waals surface area contributed by atoms with Crippen molar-refractivity contribution < 1.29 is 4.79 Å². The minimum Gasteiger partial charge on any atom is -0.366 e. The molecule has 2 nitrogen and oxygen atoms in total. The highest BCUT2D eigenvalue weighted by molar-refractivity contribution is 5.90. The highest BCUT2D eigenvalue weighted by Crippen LogP contribution is 2.36. The summed E-state index contributed by atoms with van der Waals surface area (Å²) < 4.78 is 0. The number of nitrogens with two attached hydrogens (primary N) is 1. The molecule has 88 valence electrons. The number of rotatable bonds is 2. The third-order valence-electron chi connectivity index (χ3n) is 3.26. The van der Waals surface area contributed by atoms with E-state index >= 15 is 0 Å². The van der Waals surface area contributed by atoms with Crippen LogP contribution in [0.3, 0.4) is 0 Å². The zero-order valence-electron chi connectivity index (χ0n) is 9.89. The second-order valence-corrected chi connectivity index (χ2v) is 4.49. The van der Waals surface area contributed by atoms with Crippen molar-refractivity contribution in [2.75, 3.05) is 0 Å². The summed E-state index contributed by atoms with van der Waals surface area (Å²) in [6, 6.07) is 14.7. The SMILES string of the molecule is NC(=O)/C=C/c1ccc2c(c1)Cc1ccccc1-2. The molecule has 0 aliphatic heterocycles. The molecule has 0 unspecified atom stereocenters. The molecule has 0 heterocycles. The van der Waals surface area contributed by atoms with E-state index in [1.165, 1.54) is 28.3 Å². The molecule has 2 heteroatoms. The summed E-state index contributed by atoms with van der Waals surface area (Å²) in [4.78, 5) is 10.7. The second kappa shape index (κ2) is 4.15. The van der Waals surface area contributed by atoms with Crippen molar-refractivity contribution in [1.29, 1.82) is 0 Å². The van der Waals surface area contributed by atoms with E-state index in [0.717, 1.165) is 12.0 Å². The molecule has 0 radical (unpaired) electrons.